The van der Waals surface area contributed by atoms with Crippen LogP contribution in [0.25, 0.3) is 0 Å². The van der Waals surface area contributed by atoms with Gasteiger partial charge in [-0.15, -0.1) is 0 Å². The summed E-state index contributed by atoms with van der Waals surface area (Å²) in [6, 6.07) is 12.4. The molecule has 0 aliphatic heterocycles. The van der Waals surface area contributed by atoms with Gasteiger partial charge < -0.3 is 5.32 Å². The van der Waals surface area contributed by atoms with Crippen molar-refractivity contribution in [3.63, 3.8) is 0 Å². The number of hydrogen-bond donors (Lipinski definition) is 3. The molecule has 0 spiro atoms. The van der Waals surface area contributed by atoms with Crippen LogP contribution in [0, 0.1) is 5.82 Å². The van der Waals surface area contributed by atoms with Crippen LogP contribution < -0.4 is 16.2 Å². The lowest BCUT2D eigenvalue weighted by molar-refractivity contribution is -0.128. The Balaban J connectivity index is 1.77. The second-order valence-corrected chi connectivity index (χ2v) is 5.45. The van der Waals surface area contributed by atoms with Gasteiger partial charge in [0.15, 0.2) is 0 Å². The maximum Gasteiger partial charge on any atom is 0.242 e. The maximum absolute atomic E-state index is 12.8. The van der Waals surface area contributed by atoms with Gasteiger partial charge in [0.2, 0.25) is 17.7 Å². The van der Waals surface area contributed by atoms with E-state index in [0.717, 1.165) is 5.56 Å². The van der Waals surface area contributed by atoms with Gasteiger partial charge in [-0.3, -0.25) is 25.2 Å². The molecule has 0 fully saturated rings. The SMILES string of the molecule is CC(=O)Nc1ccc(CC(=O)NNC(=O)Cc2ccc(F)cc2)cc1. The molecule has 0 aliphatic rings. The smallest absolute Gasteiger partial charge is 0.242 e. The number of nitrogens with one attached hydrogen (secondary N) is 3. The van der Waals surface area contributed by atoms with E-state index in [4.69, 9.17) is 0 Å². The van der Waals surface area contributed by atoms with Crippen LogP contribution in [0.4, 0.5) is 10.1 Å². The van der Waals surface area contributed by atoms with Gasteiger partial charge in [-0.2, -0.15) is 0 Å². The summed E-state index contributed by atoms with van der Waals surface area (Å²) >= 11 is 0. The van der Waals surface area contributed by atoms with E-state index in [2.05, 4.69) is 16.2 Å². The van der Waals surface area contributed by atoms with Crippen molar-refractivity contribution in [2.75, 3.05) is 5.32 Å². The Hall–Kier alpha value is -3.22. The third-order valence-corrected chi connectivity index (χ3v) is 3.26. The third kappa shape index (κ3) is 6.42. The number of amides is 3. The second-order valence-electron chi connectivity index (χ2n) is 5.45. The molecule has 6 nitrogen and oxygen atoms in total. The van der Waals surface area contributed by atoms with Crippen LogP contribution in [0.3, 0.4) is 0 Å². The monoisotopic (exact) mass is 343 g/mol. The van der Waals surface area contributed by atoms with Crippen molar-refractivity contribution >= 4 is 23.4 Å². The molecule has 7 heteroatoms. The van der Waals surface area contributed by atoms with E-state index in [9.17, 15) is 18.8 Å². The molecule has 0 aliphatic carbocycles. The number of benzene rings is 2. The van der Waals surface area contributed by atoms with Gasteiger partial charge in [0.05, 0.1) is 12.8 Å². The lowest BCUT2D eigenvalue weighted by Gasteiger charge is -2.08. The Morgan fingerprint density at radius 2 is 1.24 bits per heavy atom. The Morgan fingerprint density at radius 1 is 0.800 bits per heavy atom. The molecule has 0 saturated carbocycles. The Morgan fingerprint density at radius 3 is 1.68 bits per heavy atom. The molecule has 25 heavy (non-hydrogen) atoms. The fraction of sp³-hybridized carbons (Fsp3) is 0.167. The summed E-state index contributed by atoms with van der Waals surface area (Å²) in [5.74, 6) is -1.32. The summed E-state index contributed by atoms with van der Waals surface area (Å²) in [7, 11) is 0. The summed E-state index contributed by atoms with van der Waals surface area (Å²) in [5, 5.41) is 2.63. The number of carbonyl (C=O) groups is 3. The van der Waals surface area contributed by atoms with Gasteiger partial charge in [0.25, 0.3) is 0 Å². The van der Waals surface area contributed by atoms with Crippen molar-refractivity contribution in [1.29, 1.82) is 0 Å². The number of hydrogen-bond acceptors (Lipinski definition) is 3. The molecule has 0 saturated heterocycles. The van der Waals surface area contributed by atoms with Crippen LogP contribution in [0.2, 0.25) is 0 Å². The van der Waals surface area contributed by atoms with E-state index in [1.165, 1.54) is 31.2 Å². The minimum atomic E-state index is -0.402. The van der Waals surface area contributed by atoms with Crippen LogP contribution in [0.15, 0.2) is 48.5 Å². The highest BCUT2D eigenvalue weighted by molar-refractivity contribution is 5.88. The van der Waals surface area contributed by atoms with E-state index < -0.39 is 5.91 Å². The molecule has 0 unspecified atom stereocenters. The molecule has 2 aromatic rings. The Kier molecular flexibility index (Phi) is 6.22. The van der Waals surface area contributed by atoms with Crippen LogP contribution in [-0.2, 0) is 27.2 Å². The predicted molar refractivity (Wildman–Crippen MR) is 90.8 cm³/mol. The van der Waals surface area contributed by atoms with Crippen molar-refractivity contribution in [2.45, 2.75) is 19.8 Å². The zero-order valence-corrected chi connectivity index (χ0v) is 13.6. The molecular weight excluding hydrogens is 325 g/mol. The standard InChI is InChI=1S/C18H18FN3O3/c1-12(23)20-16-8-4-14(5-9-16)11-18(25)22-21-17(24)10-13-2-6-15(19)7-3-13/h2-9H,10-11H2,1H3,(H,20,23)(H,21,24)(H,22,25). The van der Waals surface area contributed by atoms with Crippen LogP contribution >= 0.6 is 0 Å². The molecule has 3 N–H and O–H groups in total. The zero-order chi connectivity index (χ0) is 18.2. The molecule has 2 aromatic carbocycles. The fourth-order valence-electron chi connectivity index (χ4n) is 2.11. The second kappa shape index (κ2) is 8.58. The van der Waals surface area contributed by atoms with Crippen LogP contribution in [0.5, 0.6) is 0 Å². The Bertz CT molecular complexity index is 758. The molecular formula is C18H18FN3O3. The normalized spacial score (nSPS) is 10.0. The van der Waals surface area contributed by atoms with Gasteiger partial charge in [-0.25, -0.2) is 4.39 Å². The number of rotatable bonds is 5. The molecule has 0 atom stereocenters. The zero-order valence-electron chi connectivity index (χ0n) is 13.6. The highest BCUT2D eigenvalue weighted by atomic mass is 19.1. The number of halogens is 1. The molecule has 2 rings (SSSR count). The van der Waals surface area contributed by atoms with E-state index in [1.807, 2.05) is 0 Å². The molecule has 0 radical (unpaired) electrons. The summed E-state index contributed by atoms with van der Waals surface area (Å²) in [5.41, 5.74) is 6.66. The van der Waals surface area contributed by atoms with Crippen LogP contribution in [-0.4, -0.2) is 17.7 Å². The summed E-state index contributed by atoms with van der Waals surface area (Å²) in [6.07, 6.45) is 0.114. The highest BCUT2D eigenvalue weighted by Crippen LogP contribution is 2.10. The van der Waals surface area contributed by atoms with Gasteiger partial charge in [0.1, 0.15) is 5.82 Å². The number of hydrazine groups is 1. The first-order chi connectivity index (χ1) is 11.9. The van der Waals surface area contributed by atoms with Gasteiger partial charge >= 0.3 is 0 Å². The number of anilines is 1. The number of carbonyl (C=O) groups excluding carboxylic acids is 3. The quantitative estimate of drug-likeness (QED) is 0.723. The predicted octanol–water partition coefficient (Wildman–Crippen LogP) is 1.72. The van der Waals surface area contributed by atoms with Crippen molar-refractivity contribution in [3.8, 4) is 0 Å². The largest absolute Gasteiger partial charge is 0.326 e. The Labute approximate surface area is 144 Å². The first-order valence-corrected chi connectivity index (χ1v) is 7.61. The van der Waals surface area contributed by atoms with E-state index >= 15 is 0 Å². The minimum Gasteiger partial charge on any atom is -0.326 e. The van der Waals surface area contributed by atoms with Crippen molar-refractivity contribution in [2.24, 2.45) is 0 Å². The molecule has 0 heterocycles. The average Bonchev–Trinajstić information content (AvgIpc) is 2.56. The fourth-order valence-corrected chi connectivity index (χ4v) is 2.11. The summed E-state index contributed by atoms with van der Waals surface area (Å²) < 4.78 is 12.8. The average molecular weight is 343 g/mol. The minimum absolute atomic E-state index is 0.0337. The van der Waals surface area contributed by atoms with Crippen molar-refractivity contribution < 1.29 is 18.8 Å². The van der Waals surface area contributed by atoms with E-state index in [-0.39, 0.29) is 30.5 Å². The molecule has 0 bridgehead atoms. The molecule has 0 aromatic heterocycles. The maximum atomic E-state index is 12.8. The highest BCUT2D eigenvalue weighted by Gasteiger charge is 2.07. The van der Waals surface area contributed by atoms with Crippen LogP contribution in [0.1, 0.15) is 18.1 Å². The topological polar surface area (TPSA) is 87.3 Å². The summed E-state index contributed by atoms with van der Waals surface area (Å²) in [6.45, 7) is 1.41. The van der Waals surface area contributed by atoms with Gasteiger partial charge in [0, 0.05) is 12.6 Å². The molecule has 130 valence electrons. The van der Waals surface area contributed by atoms with E-state index in [0.29, 0.717) is 11.3 Å². The van der Waals surface area contributed by atoms with Crippen molar-refractivity contribution in [1.82, 2.24) is 10.9 Å². The van der Waals surface area contributed by atoms with E-state index in [1.54, 1.807) is 24.3 Å². The van der Waals surface area contributed by atoms with Gasteiger partial charge in [-0.1, -0.05) is 24.3 Å². The van der Waals surface area contributed by atoms with Gasteiger partial charge in [-0.05, 0) is 35.4 Å². The lowest BCUT2D eigenvalue weighted by atomic mass is 10.1. The molecule has 3 amide bonds. The first-order valence-electron chi connectivity index (χ1n) is 7.61. The lowest BCUT2D eigenvalue weighted by Crippen LogP contribution is -2.43. The first kappa shape index (κ1) is 18.1. The summed E-state index contributed by atoms with van der Waals surface area (Å²) in [4.78, 5) is 34.5. The van der Waals surface area contributed by atoms with Crippen molar-refractivity contribution in [3.05, 3.63) is 65.5 Å². The third-order valence-electron chi connectivity index (χ3n) is 3.26.